The van der Waals surface area contributed by atoms with Gasteiger partial charge in [0.25, 0.3) is 11.1 Å². The lowest BCUT2D eigenvalue weighted by atomic mass is 10.1. The number of alkyl halides is 3. The summed E-state index contributed by atoms with van der Waals surface area (Å²) in [4.78, 5) is 49.6. The number of aromatic amines is 1. The molecule has 1 amide bonds. The van der Waals surface area contributed by atoms with Crippen LogP contribution in [0.4, 0.5) is 34.6 Å². The highest BCUT2D eigenvalue weighted by Gasteiger charge is 2.36. The minimum atomic E-state index is -4.89. The van der Waals surface area contributed by atoms with E-state index in [4.69, 9.17) is 4.74 Å². The zero-order valence-electron chi connectivity index (χ0n) is 27.8. The van der Waals surface area contributed by atoms with Crippen LogP contribution < -0.4 is 26.2 Å². The SMILES string of the molecule is CCc1c(N2CCN(c3c[nH]n(C4CC4)c3=O)[C@H](C)C2)c(=O)n2nc(C3=CCOCC3)nc2n1CC(=O)Nc1cc(F)c(C(F)(F)F)cc1C. The molecule has 1 atom stereocenters. The minimum Gasteiger partial charge on any atom is -0.377 e. The molecule has 1 aromatic carbocycles. The Morgan fingerprint density at radius 2 is 1.94 bits per heavy atom. The van der Waals surface area contributed by atoms with E-state index in [1.165, 1.54) is 11.4 Å². The van der Waals surface area contributed by atoms with Gasteiger partial charge in [-0.3, -0.25) is 14.4 Å². The highest BCUT2D eigenvalue weighted by atomic mass is 19.4. The summed E-state index contributed by atoms with van der Waals surface area (Å²) < 4.78 is 64.1. The van der Waals surface area contributed by atoms with E-state index in [0.717, 1.165) is 18.4 Å². The molecule has 0 spiro atoms. The topological polar surface area (TPSA) is 135 Å². The van der Waals surface area contributed by atoms with Gasteiger partial charge < -0.3 is 29.5 Å². The molecule has 0 bridgehead atoms. The van der Waals surface area contributed by atoms with E-state index < -0.39 is 29.0 Å². The number of piperazine rings is 1. The van der Waals surface area contributed by atoms with E-state index in [0.29, 0.717) is 80.7 Å². The van der Waals surface area contributed by atoms with Crippen molar-refractivity contribution in [2.75, 3.05) is 48.0 Å². The molecule has 0 radical (unpaired) electrons. The number of nitrogens with zero attached hydrogens (tertiary/aromatic N) is 7. The summed E-state index contributed by atoms with van der Waals surface area (Å²) in [5.74, 6) is -1.74. The maximum Gasteiger partial charge on any atom is 0.419 e. The Kier molecular flexibility index (Phi) is 8.56. The fraction of sp³-hybridized carbons (Fsp3) is 0.485. The summed E-state index contributed by atoms with van der Waals surface area (Å²) >= 11 is 0. The second kappa shape index (κ2) is 12.8. The van der Waals surface area contributed by atoms with Crippen molar-refractivity contribution in [3.8, 4) is 0 Å². The normalized spacial score (nSPS) is 18.5. The van der Waals surface area contributed by atoms with Crippen molar-refractivity contribution in [3.63, 3.8) is 0 Å². The highest BCUT2D eigenvalue weighted by Crippen LogP contribution is 2.35. The fourth-order valence-electron chi connectivity index (χ4n) is 6.87. The number of hydrogen-bond acceptors (Lipinski definition) is 8. The van der Waals surface area contributed by atoms with Crippen molar-refractivity contribution in [1.29, 1.82) is 0 Å². The molecule has 3 aliphatic rings. The summed E-state index contributed by atoms with van der Waals surface area (Å²) in [7, 11) is 0. The number of carbonyl (C=O) groups is 1. The summed E-state index contributed by atoms with van der Waals surface area (Å²) in [5.41, 5.74) is 0.205. The van der Waals surface area contributed by atoms with Crippen LogP contribution in [0.5, 0.6) is 0 Å². The number of rotatable bonds is 8. The number of aromatic nitrogens is 6. The molecule has 266 valence electrons. The first kappa shape index (κ1) is 33.6. The molecule has 50 heavy (non-hydrogen) atoms. The van der Waals surface area contributed by atoms with Crippen LogP contribution in [-0.2, 0) is 28.7 Å². The first-order valence-electron chi connectivity index (χ1n) is 16.6. The maximum absolute atomic E-state index is 14.5. The second-order valence-corrected chi connectivity index (χ2v) is 13.0. The number of H-pyrrole nitrogens is 1. The average Bonchev–Trinajstić information content (AvgIpc) is 3.70. The molecule has 5 heterocycles. The number of anilines is 3. The van der Waals surface area contributed by atoms with E-state index in [9.17, 15) is 31.9 Å². The Balaban J connectivity index is 1.25. The monoisotopic (exact) mass is 699 g/mol. The van der Waals surface area contributed by atoms with Crippen molar-refractivity contribution >= 4 is 34.3 Å². The number of nitrogens with one attached hydrogen (secondary N) is 2. The molecule has 3 aromatic heterocycles. The number of halogens is 4. The van der Waals surface area contributed by atoms with Gasteiger partial charge in [-0.05, 0) is 62.8 Å². The van der Waals surface area contributed by atoms with E-state index in [2.05, 4.69) is 20.5 Å². The summed E-state index contributed by atoms with van der Waals surface area (Å²) in [6.45, 7) is 6.84. The second-order valence-electron chi connectivity index (χ2n) is 13.0. The first-order valence-corrected chi connectivity index (χ1v) is 16.6. The third-order valence-corrected chi connectivity index (χ3v) is 9.55. The van der Waals surface area contributed by atoms with Crippen molar-refractivity contribution in [3.05, 3.63) is 73.6 Å². The number of carbonyl (C=O) groups excluding carboxylic acids is 1. The van der Waals surface area contributed by atoms with E-state index >= 15 is 0 Å². The predicted octanol–water partition coefficient (Wildman–Crippen LogP) is 3.90. The van der Waals surface area contributed by atoms with Crippen molar-refractivity contribution < 1.29 is 27.1 Å². The van der Waals surface area contributed by atoms with Gasteiger partial charge in [-0.25, -0.2) is 9.07 Å². The molecule has 2 fully saturated rings. The van der Waals surface area contributed by atoms with Crippen LogP contribution in [0.25, 0.3) is 11.4 Å². The first-order chi connectivity index (χ1) is 23.8. The Morgan fingerprint density at radius 3 is 2.60 bits per heavy atom. The number of hydrogen-bond donors (Lipinski definition) is 2. The largest absolute Gasteiger partial charge is 0.419 e. The van der Waals surface area contributed by atoms with Gasteiger partial charge >= 0.3 is 6.18 Å². The average molecular weight is 700 g/mol. The lowest BCUT2D eigenvalue weighted by Gasteiger charge is -2.41. The van der Waals surface area contributed by atoms with Crippen LogP contribution in [0.15, 0.2) is 34.0 Å². The van der Waals surface area contributed by atoms with Gasteiger partial charge in [0.15, 0.2) is 5.82 Å². The van der Waals surface area contributed by atoms with Gasteiger partial charge in [0, 0.05) is 37.6 Å². The van der Waals surface area contributed by atoms with Crippen LogP contribution in [-0.4, -0.2) is 73.7 Å². The number of benzene rings is 1. The van der Waals surface area contributed by atoms with Gasteiger partial charge in [-0.15, -0.1) is 5.10 Å². The lowest BCUT2D eigenvalue weighted by molar-refractivity contribution is -0.140. The molecule has 1 saturated carbocycles. The molecular weight excluding hydrogens is 662 g/mol. The van der Waals surface area contributed by atoms with Crippen molar-refractivity contribution in [1.82, 2.24) is 28.9 Å². The highest BCUT2D eigenvalue weighted by molar-refractivity contribution is 5.92. The molecule has 13 nitrogen and oxygen atoms in total. The predicted molar refractivity (Wildman–Crippen MR) is 177 cm³/mol. The number of ether oxygens (including phenoxy) is 1. The molecule has 2 aliphatic heterocycles. The molecule has 7 rings (SSSR count). The van der Waals surface area contributed by atoms with Crippen LogP contribution in [0, 0.1) is 12.7 Å². The molecule has 17 heteroatoms. The van der Waals surface area contributed by atoms with E-state index in [-0.39, 0.29) is 41.2 Å². The van der Waals surface area contributed by atoms with Gasteiger partial charge in [-0.2, -0.15) is 22.7 Å². The molecule has 2 N–H and O–H groups in total. The van der Waals surface area contributed by atoms with E-state index in [1.807, 2.05) is 29.7 Å². The molecule has 1 aliphatic carbocycles. The van der Waals surface area contributed by atoms with Crippen molar-refractivity contribution in [2.45, 2.75) is 71.3 Å². The zero-order valence-corrected chi connectivity index (χ0v) is 27.8. The van der Waals surface area contributed by atoms with Crippen LogP contribution in [0.1, 0.15) is 61.8 Å². The number of amides is 1. The minimum absolute atomic E-state index is 0.0305. The molecular formula is C33H37F4N9O4. The summed E-state index contributed by atoms with van der Waals surface area (Å²) in [6, 6.07) is 1.35. The van der Waals surface area contributed by atoms with E-state index in [1.54, 1.807) is 15.4 Å². The van der Waals surface area contributed by atoms with Gasteiger partial charge in [0.05, 0.1) is 30.5 Å². The molecule has 0 unspecified atom stereocenters. The standard InChI is InChI=1S/C33H37F4N9O4/c1-4-25-28(42-9-10-43(19(3)16-42)26-15-38-45(30(26)48)21-5-6-21)31(49)46-32(40-29(41-46)20-7-11-50-12-8-20)44(25)17-27(47)39-24-14-23(34)22(13-18(24)2)33(35,36)37/h7,13-15,19,21,38H,4-6,8-12,16-17H2,1-3H3,(H,39,47)/t19-/m1/s1. The summed E-state index contributed by atoms with van der Waals surface area (Å²) in [5, 5.41) is 10.2. The lowest BCUT2D eigenvalue weighted by Crippen LogP contribution is -2.54. The number of fused-ring (bicyclic) bond motifs is 1. The quantitative estimate of drug-likeness (QED) is 0.265. The van der Waals surface area contributed by atoms with Crippen LogP contribution in [0.3, 0.4) is 0 Å². The van der Waals surface area contributed by atoms with Crippen LogP contribution >= 0.6 is 0 Å². The molecule has 1 saturated heterocycles. The van der Waals surface area contributed by atoms with Gasteiger partial charge in [0.1, 0.15) is 23.7 Å². The van der Waals surface area contributed by atoms with Gasteiger partial charge in [0.2, 0.25) is 11.7 Å². The Bertz CT molecular complexity index is 2130. The smallest absolute Gasteiger partial charge is 0.377 e. The van der Waals surface area contributed by atoms with Crippen LogP contribution in [0.2, 0.25) is 0 Å². The fourth-order valence-corrected chi connectivity index (χ4v) is 6.87. The third-order valence-electron chi connectivity index (χ3n) is 9.55. The maximum atomic E-state index is 14.5. The Morgan fingerprint density at radius 1 is 1.16 bits per heavy atom. The Hall–Kier alpha value is -4.93. The Labute approximate surface area is 283 Å². The zero-order chi connectivity index (χ0) is 35.5. The van der Waals surface area contributed by atoms with Gasteiger partial charge in [-0.1, -0.05) is 13.0 Å². The molecule has 4 aromatic rings. The number of aryl methyl sites for hydroxylation is 1. The third kappa shape index (κ3) is 6.07. The van der Waals surface area contributed by atoms with Crippen molar-refractivity contribution in [2.24, 2.45) is 0 Å². The summed E-state index contributed by atoms with van der Waals surface area (Å²) in [6.07, 6.45) is 1.45.